The van der Waals surface area contributed by atoms with E-state index in [9.17, 15) is 0 Å². The zero-order valence-electron chi connectivity index (χ0n) is 9.91. The standard InChI is InChI=1S/C14H13BrClNO/c1-18-14-7-6-12(8-13(14)16)17-9-10-2-4-11(15)5-3-10/h2-8,17H,9H2,1H3. The number of halogens is 2. The lowest BCUT2D eigenvalue weighted by atomic mass is 10.2. The predicted octanol–water partition coefficient (Wildman–Crippen LogP) is 4.72. The largest absolute Gasteiger partial charge is 0.495 e. The highest BCUT2D eigenvalue weighted by atomic mass is 79.9. The smallest absolute Gasteiger partial charge is 0.137 e. The third kappa shape index (κ3) is 3.40. The van der Waals surface area contributed by atoms with Crippen molar-refractivity contribution in [3.8, 4) is 5.75 Å². The number of hydrogen-bond donors (Lipinski definition) is 1. The zero-order chi connectivity index (χ0) is 13.0. The van der Waals surface area contributed by atoms with Crippen LogP contribution in [0.4, 0.5) is 5.69 Å². The molecule has 1 N–H and O–H groups in total. The number of methoxy groups -OCH3 is 1. The molecule has 94 valence electrons. The van der Waals surface area contributed by atoms with E-state index in [-0.39, 0.29) is 0 Å². The average Bonchev–Trinajstić information content (AvgIpc) is 2.38. The summed E-state index contributed by atoms with van der Waals surface area (Å²) in [5, 5.41) is 3.93. The fraction of sp³-hybridized carbons (Fsp3) is 0.143. The summed E-state index contributed by atoms with van der Waals surface area (Å²) in [6, 6.07) is 13.9. The fourth-order valence-corrected chi connectivity index (χ4v) is 2.10. The monoisotopic (exact) mass is 325 g/mol. The van der Waals surface area contributed by atoms with Gasteiger partial charge in [0.25, 0.3) is 0 Å². The third-order valence-corrected chi connectivity index (χ3v) is 3.39. The highest BCUT2D eigenvalue weighted by Crippen LogP contribution is 2.27. The molecule has 18 heavy (non-hydrogen) atoms. The van der Waals surface area contributed by atoms with Crippen molar-refractivity contribution in [3.63, 3.8) is 0 Å². The topological polar surface area (TPSA) is 21.3 Å². The summed E-state index contributed by atoms with van der Waals surface area (Å²) in [7, 11) is 1.61. The van der Waals surface area contributed by atoms with Gasteiger partial charge in [-0.25, -0.2) is 0 Å². The summed E-state index contributed by atoms with van der Waals surface area (Å²) >= 11 is 9.48. The van der Waals surface area contributed by atoms with Gasteiger partial charge in [-0.05, 0) is 35.9 Å². The highest BCUT2D eigenvalue weighted by molar-refractivity contribution is 9.10. The van der Waals surface area contributed by atoms with Crippen LogP contribution in [0.1, 0.15) is 5.56 Å². The molecular formula is C14H13BrClNO. The molecule has 2 aromatic carbocycles. The van der Waals surface area contributed by atoms with Crippen molar-refractivity contribution in [1.82, 2.24) is 0 Å². The molecule has 0 atom stereocenters. The summed E-state index contributed by atoms with van der Waals surface area (Å²) in [6.45, 7) is 0.760. The van der Waals surface area contributed by atoms with Gasteiger partial charge >= 0.3 is 0 Å². The summed E-state index contributed by atoms with van der Waals surface area (Å²) in [5.41, 5.74) is 2.19. The maximum Gasteiger partial charge on any atom is 0.137 e. The Hall–Kier alpha value is -1.19. The maximum absolute atomic E-state index is 6.06. The lowest BCUT2D eigenvalue weighted by Gasteiger charge is -2.09. The molecule has 0 unspecified atom stereocenters. The lowest BCUT2D eigenvalue weighted by Crippen LogP contribution is -1.99. The van der Waals surface area contributed by atoms with Gasteiger partial charge in [0.05, 0.1) is 12.1 Å². The van der Waals surface area contributed by atoms with Gasteiger partial charge in [-0.1, -0.05) is 39.7 Å². The van der Waals surface area contributed by atoms with E-state index in [4.69, 9.17) is 16.3 Å². The van der Waals surface area contributed by atoms with Crippen LogP contribution < -0.4 is 10.1 Å². The normalized spacial score (nSPS) is 10.2. The average molecular weight is 327 g/mol. The minimum atomic E-state index is 0.610. The zero-order valence-corrected chi connectivity index (χ0v) is 12.3. The van der Waals surface area contributed by atoms with E-state index in [1.165, 1.54) is 5.56 Å². The van der Waals surface area contributed by atoms with E-state index >= 15 is 0 Å². The van der Waals surface area contributed by atoms with Gasteiger partial charge in [0.15, 0.2) is 0 Å². The van der Waals surface area contributed by atoms with Crippen LogP contribution in [-0.4, -0.2) is 7.11 Å². The van der Waals surface area contributed by atoms with E-state index < -0.39 is 0 Å². The molecule has 0 radical (unpaired) electrons. The van der Waals surface area contributed by atoms with Gasteiger partial charge in [0.2, 0.25) is 0 Å². The molecule has 0 aliphatic heterocycles. The molecule has 0 saturated carbocycles. The second kappa shape index (κ2) is 6.12. The first-order valence-electron chi connectivity index (χ1n) is 5.51. The predicted molar refractivity (Wildman–Crippen MR) is 79.5 cm³/mol. The van der Waals surface area contributed by atoms with Crippen LogP contribution >= 0.6 is 27.5 Å². The number of rotatable bonds is 4. The van der Waals surface area contributed by atoms with Crippen molar-refractivity contribution in [1.29, 1.82) is 0 Å². The van der Waals surface area contributed by atoms with Gasteiger partial charge in [-0.2, -0.15) is 0 Å². The highest BCUT2D eigenvalue weighted by Gasteiger charge is 2.01. The molecule has 0 spiro atoms. The van der Waals surface area contributed by atoms with Crippen LogP contribution in [0.15, 0.2) is 46.9 Å². The van der Waals surface area contributed by atoms with Gasteiger partial charge in [-0.3, -0.25) is 0 Å². The number of benzene rings is 2. The molecule has 0 saturated heterocycles. The number of anilines is 1. The molecule has 4 heteroatoms. The summed E-state index contributed by atoms with van der Waals surface area (Å²) in [4.78, 5) is 0. The van der Waals surface area contributed by atoms with Gasteiger partial charge in [0.1, 0.15) is 5.75 Å². The third-order valence-electron chi connectivity index (χ3n) is 2.56. The molecule has 0 amide bonds. The first-order valence-corrected chi connectivity index (χ1v) is 6.68. The minimum absolute atomic E-state index is 0.610. The van der Waals surface area contributed by atoms with Crippen molar-refractivity contribution >= 4 is 33.2 Å². The molecule has 0 bridgehead atoms. The molecule has 0 aliphatic carbocycles. The number of hydrogen-bond acceptors (Lipinski definition) is 2. The van der Waals surface area contributed by atoms with E-state index in [1.54, 1.807) is 7.11 Å². The van der Waals surface area contributed by atoms with Crippen LogP contribution in [0.5, 0.6) is 5.75 Å². The van der Waals surface area contributed by atoms with Crippen molar-refractivity contribution in [2.75, 3.05) is 12.4 Å². The maximum atomic E-state index is 6.06. The Labute approximate surface area is 120 Å². The molecule has 2 rings (SSSR count). The van der Waals surface area contributed by atoms with Gasteiger partial charge < -0.3 is 10.1 Å². The summed E-state index contributed by atoms with van der Waals surface area (Å²) in [6.07, 6.45) is 0. The number of ether oxygens (including phenoxy) is 1. The van der Waals surface area contributed by atoms with Gasteiger partial charge in [-0.15, -0.1) is 0 Å². The lowest BCUT2D eigenvalue weighted by molar-refractivity contribution is 0.415. The Morgan fingerprint density at radius 1 is 1.17 bits per heavy atom. The van der Waals surface area contributed by atoms with E-state index in [2.05, 4.69) is 33.4 Å². The second-order valence-corrected chi connectivity index (χ2v) is 5.15. The summed E-state index contributed by atoms with van der Waals surface area (Å²) < 4.78 is 6.19. The summed E-state index contributed by atoms with van der Waals surface area (Å²) in [5.74, 6) is 0.686. The fourth-order valence-electron chi connectivity index (χ4n) is 1.58. The molecule has 0 aromatic heterocycles. The molecule has 2 nitrogen and oxygen atoms in total. The molecule has 2 aromatic rings. The van der Waals surface area contributed by atoms with Crippen LogP contribution in [0, 0.1) is 0 Å². The second-order valence-electron chi connectivity index (χ2n) is 3.83. The van der Waals surface area contributed by atoms with Crippen LogP contribution in [0.3, 0.4) is 0 Å². The molecule has 0 aliphatic rings. The van der Waals surface area contributed by atoms with Crippen molar-refractivity contribution < 1.29 is 4.74 Å². The van der Waals surface area contributed by atoms with Crippen LogP contribution in [0.25, 0.3) is 0 Å². The van der Waals surface area contributed by atoms with Crippen molar-refractivity contribution in [2.45, 2.75) is 6.54 Å². The Bertz CT molecular complexity index is 528. The SMILES string of the molecule is COc1ccc(NCc2ccc(Br)cc2)cc1Cl. The van der Waals surface area contributed by atoms with Crippen LogP contribution in [0.2, 0.25) is 5.02 Å². The Morgan fingerprint density at radius 2 is 1.89 bits per heavy atom. The first kappa shape index (κ1) is 13.2. The first-order chi connectivity index (χ1) is 8.69. The Balaban J connectivity index is 2.02. The van der Waals surface area contributed by atoms with E-state index in [0.29, 0.717) is 10.8 Å². The molecule has 0 heterocycles. The quantitative estimate of drug-likeness (QED) is 0.877. The molecular weight excluding hydrogens is 314 g/mol. The number of nitrogens with one attached hydrogen (secondary N) is 1. The van der Waals surface area contributed by atoms with Crippen LogP contribution in [-0.2, 0) is 6.54 Å². The van der Waals surface area contributed by atoms with E-state index in [0.717, 1.165) is 16.7 Å². The van der Waals surface area contributed by atoms with Gasteiger partial charge in [0, 0.05) is 16.7 Å². The van der Waals surface area contributed by atoms with Crippen molar-refractivity contribution in [3.05, 3.63) is 57.5 Å². The Kier molecular flexibility index (Phi) is 4.50. The minimum Gasteiger partial charge on any atom is -0.495 e. The Morgan fingerprint density at radius 3 is 2.50 bits per heavy atom. The van der Waals surface area contributed by atoms with E-state index in [1.807, 2.05) is 30.3 Å². The van der Waals surface area contributed by atoms with Crippen molar-refractivity contribution in [2.24, 2.45) is 0 Å². The molecule has 0 fully saturated rings.